The van der Waals surface area contributed by atoms with E-state index in [1.54, 1.807) is 31.2 Å². The van der Waals surface area contributed by atoms with E-state index in [9.17, 15) is 13.2 Å². The van der Waals surface area contributed by atoms with Gasteiger partial charge in [-0.15, -0.1) is 12.4 Å². The molecule has 4 N–H and O–H groups in total. The number of amides is 1. The van der Waals surface area contributed by atoms with Crippen LogP contribution in [0.1, 0.15) is 36.5 Å². The van der Waals surface area contributed by atoms with Crippen molar-refractivity contribution in [3.8, 4) is 0 Å². The van der Waals surface area contributed by atoms with Crippen molar-refractivity contribution in [2.45, 2.75) is 32.2 Å². The first-order valence-corrected chi connectivity index (χ1v) is 9.22. The Morgan fingerprint density at radius 1 is 1.30 bits per heavy atom. The molecule has 0 aliphatic heterocycles. The van der Waals surface area contributed by atoms with Crippen LogP contribution in [0.3, 0.4) is 0 Å². The molecule has 2 unspecified atom stereocenters. The summed E-state index contributed by atoms with van der Waals surface area (Å²) in [6, 6.07) is 6.69. The van der Waals surface area contributed by atoms with Gasteiger partial charge in [-0.3, -0.25) is 9.52 Å². The molecule has 2 atom stereocenters. The molecule has 0 bridgehead atoms. The average Bonchev–Trinajstić information content (AvgIpc) is 2.94. The normalized spacial score (nSPS) is 20.6. The average molecular weight is 362 g/mol. The van der Waals surface area contributed by atoms with Crippen LogP contribution in [-0.4, -0.2) is 32.7 Å². The lowest BCUT2D eigenvalue weighted by Gasteiger charge is -2.20. The molecule has 1 aromatic carbocycles. The molecule has 1 aromatic rings. The van der Waals surface area contributed by atoms with Gasteiger partial charge in [0.15, 0.2) is 0 Å². The van der Waals surface area contributed by atoms with Crippen LogP contribution >= 0.6 is 12.4 Å². The second kappa shape index (κ2) is 8.52. The third-order valence-electron chi connectivity index (χ3n) is 4.10. The quantitative estimate of drug-likeness (QED) is 0.718. The minimum Gasteiger partial charge on any atom is -0.349 e. The molecular weight excluding hydrogens is 338 g/mol. The summed E-state index contributed by atoms with van der Waals surface area (Å²) in [6.07, 6.45) is 2.99. The number of anilines is 1. The van der Waals surface area contributed by atoms with Crippen LogP contribution in [0, 0.1) is 5.92 Å². The van der Waals surface area contributed by atoms with E-state index in [1.807, 2.05) is 0 Å². The van der Waals surface area contributed by atoms with E-state index in [4.69, 9.17) is 5.73 Å². The van der Waals surface area contributed by atoms with E-state index in [-0.39, 0.29) is 30.1 Å². The van der Waals surface area contributed by atoms with Crippen LogP contribution in [-0.2, 0) is 10.0 Å². The van der Waals surface area contributed by atoms with Gasteiger partial charge in [0.2, 0.25) is 10.0 Å². The van der Waals surface area contributed by atoms with Crippen LogP contribution < -0.4 is 15.8 Å². The molecule has 1 amide bonds. The molecule has 2 rings (SSSR count). The van der Waals surface area contributed by atoms with Crippen LogP contribution in [0.5, 0.6) is 0 Å². The largest absolute Gasteiger partial charge is 0.349 e. The fraction of sp³-hybridized carbons (Fsp3) is 0.533. The molecule has 0 saturated heterocycles. The van der Waals surface area contributed by atoms with E-state index in [1.165, 1.54) is 0 Å². The number of halogens is 1. The van der Waals surface area contributed by atoms with Gasteiger partial charge >= 0.3 is 0 Å². The van der Waals surface area contributed by atoms with Gasteiger partial charge in [0.1, 0.15) is 0 Å². The minimum absolute atomic E-state index is 0. The van der Waals surface area contributed by atoms with Crippen molar-refractivity contribution in [3.05, 3.63) is 29.8 Å². The zero-order valence-corrected chi connectivity index (χ0v) is 14.8. The predicted octanol–water partition coefficient (Wildman–Crippen LogP) is 1.73. The van der Waals surface area contributed by atoms with Gasteiger partial charge in [-0.2, -0.15) is 0 Å². The number of carbonyl (C=O) groups excluding carboxylic acids is 1. The van der Waals surface area contributed by atoms with Crippen LogP contribution in [0.15, 0.2) is 24.3 Å². The first kappa shape index (κ1) is 19.7. The number of carbonyl (C=O) groups is 1. The molecule has 1 aliphatic carbocycles. The molecule has 8 heteroatoms. The fourth-order valence-electron chi connectivity index (χ4n) is 2.76. The number of rotatable bonds is 6. The second-order valence-electron chi connectivity index (χ2n) is 5.56. The zero-order chi connectivity index (χ0) is 16.2. The first-order chi connectivity index (χ1) is 10.5. The molecule has 1 aliphatic rings. The number of hydrogen-bond acceptors (Lipinski definition) is 4. The molecule has 0 spiro atoms. The molecule has 0 aromatic heterocycles. The Balaban J connectivity index is 0.00000264. The Bertz CT molecular complexity index is 637. The van der Waals surface area contributed by atoms with E-state index in [0.29, 0.717) is 23.7 Å². The molecule has 1 saturated carbocycles. The summed E-state index contributed by atoms with van der Waals surface area (Å²) >= 11 is 0. The lowest BCUT2D eigenvalue weighted by Crippen LogP contribution is -2.40. The second-order valence-corrected chi connectivity index (χ2v) is 7.57. The molecule has 6 nitrogen and oxygen atoms in total. The Morgan fingerprint density at radius 2 is 2.00 bits per heavy atom. The van der Waals surface area contributed by atoms with E-state index in [2.05, 4.69) is 10.0 Å². The minimum atomic E-state index is -3.42. The van der Waals surface area contributed by atoms with Crippen LogP contribution in [0.4, 0.5) is 5.69 Å². The monoisotopic (exact) mass is 361 g/mol. The van der Waals surface area contributed by atoms with Crippen molar-refractivity contribution in [2.24, 2.45) is 11.7 Å². The van der Waals surface area contributed by atoms with Gasteiger partial charge in [-0.05, 0) is 44.4 Å². The maximum Gasteiger partial charge on any atom is 0.253 e. The summed E-state index contributed by atoms with van der Waals surface area (Å²) in [6.45, 7) is 2.10. The summed E-state index contributed by atoms with van der Waals surface area (Å²) in [5, 5.41) is 2.99. The summed E-state index contributed by atoms with van der Waals surface area (Å²) in [5.74, 6) is -0.0101. The molecule has 0 radical (unpaired) electrons. The summed E-state index contributed by atoms with van der Waals surface area (Å²) in [7, 11) is -3.42. The number of nitrogens with one attached hydrogen (secondary N) is 2. The van der Waals surface area contributed by atoms with Gasteiger partial charge < -0.3 is 11.1 Å². The van der Waals surface area contributed by atoms with E-state index >= 15 is 0 Å². The summed E-state index contributed by atoms with van der Waals surface area (Å²) in [4.78, 5) is 12.5. The third kappa shape index (κ3) is 5.09. The van der Waals surface area contributed by atoms with Gasteiger partial charge in [0.25, 0.3) is 5.91 Å². The maximum absolute atomic E-state index is 12.5. The van der Waals surface area contributed by atoms with Gasteiger partial charge in [0.05, 0.1) is 17.0 Å². The van der Waals surface area contributed by atoms with E-state index < -0.39 is 10.0 Å². The Kier molecular flexibility index (Phi) is 7.31. The maximum atomic E-state index is 12.5. The fourth-order valence-corrected chi connectivity index (χ4v) is 3.42. The number of benzene rings is 1. The number of hydrogen-bond donors (Lipinski definition) is 3. The Morgan fingerprint density at radius 3 is 2.65 bits per heavy atom. The lowest BCUT2D eigenvalue weighted by molar-refractivity contribution is 0.0929. The van der Waals surface area contributed by atoms with Crippen molar-refractivity contribution >= 4 is 34.0 Å². The van der Waals surface area contributed by atoms with Gasteiger partial charge in [-0.25, -0.2) is 8.42 Å². The van der Waals surface area contributed by atoms with Crippen LogP contribution in [0.2, 0.25) is 0 Å². The van der Waals surface area contributed by atoms with Gasteiger partial charge in [0, 0.05) is 6.04 Å². The van der Waals surface area contributed by atoms with E-state index in [0.717, 1.165) is 19.3 Å². The summed E-state index contributed by atoms with van der Waals surface area (Å²) in [5.41, 5.74) is 6.37. The van der Waals surface area contributed by atoms with Gasteiger partial charge in [-0.1, -0.05) is 18.6 Å². The standard InChI is InChI=1S/C15H23N3O3S.ClH/c1-2-22(20,21)18-14-8-4-3-7-12(14)15(19)17-13-9-5-6-11(13)10-16;/h3-4,7-8,11,13,18H,2,5-6,9-10,16H2,1H3,(H,17,19);1H. The lowest BCUT2D eigenvalue weighted by atomic mass is 10.0. The topological polar surface area (TPSA) is 101 Å². The van der Waals surface area contributed by atoms with Crippen LogP contribution in [0.25, 0.3) is 0 Å². The zero-order valence-electron chi connectivity index (χ0n) is 13.1. The Hall–Kier alpha value is -1.31. The van der Waals surface area contributed by atoms with Crippen molar-refractivity contribution in [1.29, 1.82) is 0 Å². The highest BCUT2D eigenvalue weighted by atomic mass is 35.5. The number of sulfonamides is 1. The van der Waals surface area contributed by atoms with Crippen molar-refractivity contribution in [1.82, 2.24) is 5.32 Å². The van der Waals surface area contributed by atoms with Crippen molar-refractivity contribution in [2.75, 3.05) is 17.0 Å². The number of para-hydroxylation sites is 1. The Labute approximate surface area is 143 Å². The summed E-state index contributed by atoms with van der Waals surface area (Å²) < 4.78 is 25.9. The highest BCUT2D eigenvalue weighted by Gasteiger charge is 2.28. The number of nitrogens with two attached hydrogens (primary N) is 1. The SMILES string of the molecule is CCS(=O)(=O)Nc1ccccc1C(=O)NC1CCCC1CN.Cl. The smallest absolute Gasteiger partial charge is 0.253 e. The first-order valence-electron chi connectivity index (χ1n) is 7.57. The molecule has 23 heavy (non-hydrogen) atoms. The highest BCUT2D eigenvalue weighted by Crippen LogP contribution is 2.25. The van der Waals surface area contributed by atoms with Crippen molar-refractivity contribution < 1.29 is 13.2 Å². The molecule has 0 heterocycles. The third-order valence-corrected chi connectivity index (χ3v) is 5.39. The molecule has 1 fully saturated rings. The van der Waals surface area contributed by atoms with Crippen molar-refractivity contribution in [3.63, 3.8) is 0 Å². The molecular formula is C15H24ClN3O3S. The highest BCUT2D eigenvalue weighted by molar-refractivity contribution is 7.92. The molecule has 130 valence electrons. The predicted molar refractivity (Wildman–Crippen MR) is 94.4 cm³/mol.